The number of amides is 2. The van der Waals surface area contributed by atoms with Crippen LogP contribution in [0.25, 0.3) is 0 Å². The fourth-order valence-corrected chi connectivity index (χ4v) is 3.27. The lowest BCUT2D eigenvalue weighted by molar-refractivity contribution is 0.182. The number of methoxy groups -OCH3 is 1. The van der Waals surface area contributed by atoms with Gasteiger partial charge in [-0.15, -0.1) is 0 Å². The monoisotopic (exact) mass is 392 g/mol. The Morgan fingerprint density at radius 1 is 1.26 bits per heavy atom. The number of nitrogens with one attached hydrogen (secondary N) is 3. The molecule has 0 aliphatic rings. The fourth-order valence-electron chi connectivity index (χ4n) is 2.52. The predicted molar refractivity (Wildman–Crippen MR) is 110 cm³/mol. The van der Waals surface area contributed by atoms with Crippen LogP contribution in [0.1, 0.15) is 39.2 Å². The van der Waals surface area contributed by atoms with Gasteiger partial charge in [0, 0.05) is 30.9 Å². The number of benzene rings is 1. The molecule has 7 nitrogen and oxygen atoms in total. The lowest BCUT2D eigenvalue weighted by Gasteiger charge is -2.16. The third-order valence-corrected chi connectivity index (χ3v) is 4.80. The van der Waals surface area contributed by atoms with Crippen LogP contribution in [-0.2, 0) is 11.3 Å². The van der Waals surface area contributed by atoms with Gasteiger partial charge >= 0.3 is 6.03 Å². The highest BCUT2D eigenvalue weighted by Gasteiger charge is 2.12. The van der Waals surface area contributed by atoms with E-state index in [1.165, 1.54) is 11.3 Å². The molecule has 8 heteroatoms. The first-order valence-electron chi connectivity index (χ1n) is 9.16. The smallest absolute Gasteiger partial charge is 0.319 e. The highest BCUT2D eigenvalue weighted by Crippen LogP contribution is 2.33. The molecule has 2 amide bonds. The maximum Gasteiger partial charge on any atom is 0.319 e. The standard InChI is InChI=1S/C19H28N4O3S/c1-5-14(6-2)22-18(24)23-15-8-9-16(13(10-15)12-25-4)26-17-11-21-19(27-17)20-7-3/h8-11,14H,5-7,12H2,1-4H3,(H,20,21)(H2,22,23,24). The topological polar surface area (TPSA) is 84.5 Å². The first-order valence-corrected chi connectivity index (χ1v) is 9.98. The van der Waals surface area contributed by atoms with Gasteiger partial charge in [-0.05, 0) is 38.0 Å². The maximum atomic E-state index is 12.2. The molecule has 1 heterocycles. The zero-order valence-electron chi connectivity index (χ0n) is 16.3. The molecule has 2 aromatic rings. The molecule has 1 aromatic carbocycles. The lowest BCUT2D eigenvalue weighted by Crippen LogP contribution is -2.37. The minimum atomic E-state index is -0.210. The number of urea groups is 1. The van der Waals surface area contributed by atoms with Gasteiger partial charge < -0.3 is 25.4 Å². The Balaban J connectivity index is 2.09. The van der Waals surface area contributed by atoms with Crippen LogP contribution in [0, 0.1) is 0 Å². The molecule has 148 valence electrons. The summed E-state index contributed by atoms with van der Waals surface area (Å²) < 4.78 is 11.2. The maximum absolute atomic E-state index is 12.2. The van der Waals surface area contributed by atoms with Crippen LogP contribution >= 0.6 is 11.3 Å². The fraction of sp³-hybridized carbons (Fsp3) is 0.474. The Morgan fingerprint density at radius 3 is 2.70 bits per heavy atom. The predicted octanol–water partition coefficient (Wildman–Crippen LogP) is 4.82. The van der Waals surface area contributed by atoms with E-state index >= 15 is 0 Å². The van der Waals surface area contributed by atoms with Crippen LogP contribution in [0.15, 0.2) is 24.4 Å². The van der Waals surface area contributed by atoms with Crippen molar-refractivity contribution in [3.63, 3.8) is 0 Å². The van der Waals surface area contributed by atoms with Gasteiger partial charge in [-0.3, -0.25) is 0 Å². The molecule has 0 aliphatic carbocycles. The normalized spacial score (nSPS) is 10.7. The Labute approximate surface area is 164 Å². The number of ether oxygens (including phenoxy) is 2. The van der Waals surface area contributed by atoms with Crippen molar-refractivity contribution in [2.75, 3.05) is 24.3 Å². The van der Waals surface area contributed by atoms with Gasteiger partial charge in [0.15, 0.2) is 5.13 Å². The summed E-state index contributed by atoms with van der Waals surface area (Å²) in [6.45, 7) is 7.30. The summed E-state index contributed by atoms with van der Waals surface area (Å²) in [7, 11) is 1.62. The van der Waals surface area contributed by atoms with Crippen LogP contribution in [-0.4, -0.2) is 30.7 Å². The third-order valence-electron chi connectivity index (χ3n) is 3.96. The van der Waals surface area contributed by atoms with Crippen molar-refractivity contribution in [2.45, 2.75) is 46.3 Å². The minimum Gasteiger partial charge on any atom is -0.445 e. The summed E-state index contributed by atoms with van der Waals surface area (Å²) in [4.78, 5) is 16.4. The molecule has 0 unspecified atom stereocenters. The summed E-state index contributed by atoms with van der Waals surface area (Å²) in [6.07, 6.45) is 3.49. The molecular weight excluding hydrogens is 364 g/mol. The van der Waals surface area contributed by atoms with E-state index in [9.17, 15) is 4.79 Å². The van der Waals surface area contributed by atoms with E-state index in [1.807, 2.05) is 25.1 Å². The molecule has 27 heavy (non-hydrogen) atoms. The van der Waals surface area contributed by atoms with Crippen LogP contribution < -0.4 is 20.7 Å². The van der Waals surface area contributed by atoms with Gasteiger partial charge in [0.2, 0.25) is 5.06 Å². The van der Waals surface area contributed by atoms with Crippen LogP contribution in [0.4, 0.5) is 15.6 Å². The van der Waals surface area contributed by atoms with E-state index in [-0.39, 0.29) is 12.1 Å². The molecular formula is C19H28N4O3S. The second-order valence-electron chi connectivity index (χ2n) is 5.98. The average molecular weight is 393 g/mol. The van der Waals surface area contributed by atoms with Crippen molar-refractivity contribution in [1.29, 1.82) is 0 Å². The van der Waals surface area contributed by atoms with Crippen LogP contribution in [0.3, 0.4) is 0 Å². The second kappa shape index (κ2) is 10.7. The number of carbonyl (C=O) groups is 1. The molecule has 2 rings (SSSR count). The number of hydrogen-bond acceptors (Lipinski definition) is 6. The zero-order chi connectivity index (χ0) is 19.6. The third kappa shape index (κ3) is 6.41. The molecule has 0 fully saturated rings. The minimum absolute atomic E-state index is 0.170. The Hall–Kier alpha value is -2.32. The highest BCUT2D eigenvalue weighted by molar-refractivity contribution is 7.17. The van der Waals surface area contributed by atoms with Crippen molar-refractivity contribution in [3.8, 4) is 10.8 Å². The number of rotatable bonds is 10. The lowest BCUT2D eigenvalue weighted by atomic mass is 10.1. The molecule has 0 saturated heterocycles. The van der Waals surface area contributed by atoms with Crippen molar-refractivity contribution in [1.82, 2.24) is 10.3 Å². The summed E-state index contributed by atoms with van der Waals surface area (Å²) in [5.41, 5.74) is 1.53. The molecule has 3 N–H and O–H groups in total. The van der Waals surface area contributed by atoms with Crippen molar-refractivity contribution < 1.29 is 14.3 Å². The number of carbonyl (C=O) groups excluding carboxylic acids is 1. The number of thiazole rings is 1. The van der Waals surface area contributed by atoms with Crippen LogP contribution in [0.5, 0.6) is 10.8 Å². The first kappa shape index (κ1) is 21.0. The summed E-state index contributed by atoms with van der Waals surface area (Å²) in [6, 6.07) is 5.46. The summed E-state index contributed by atoms with van der Waals surface area (Å²) in [5, 5.41) is 10.5. The van der Waals surface area contributed by atoms with Crippen molar-refractivity contribution in [3.05, 3.63) is 30.0 Å². The number of aromatic nitrogens is 1. The highest BCUT2D eigenvalue weighted by atomic mass is 32.1. The van der Waals surface area contributed by atoms with Crippen molar-refractivity contribution in [2.24, 2.45) is 0 Å². The quantitative estimate of drug-likeness (QED) is 0.540. The molecule has 0 saturated carbocycles. The van der Waals surface area contributed by atoms with Crippen LogP contribution in [0.2, 0.25) is 0 Å². The van der Waals surface area contributed by atoms with Gasteiger partial charge in [0.25, 0.3) is 0 Å². The van der Waals surface area contributed by atoms with E-state index in [4.69, 9.17) is 9.47 Å². The number of anilines is 2. The first-order chi connectivity index (χ1) is 13.1. The molecule has 0 radical (unpaired) electrons. The van der Waals surface area contributed by atoms with E-state index < -0.39 is 0 Å². The second-order valence-corrected chi connectivity index (χ2v) is 6.98. The van der Waals surface area contributed by atoms with Gasteiger partial charge in [-0.1, -0.05) is 25.2 Å². The summed E-state index contributed by atoms with van der Waals surface area (Å²) in [5.74, 6) is 0.675. The number of hydrogen-bond donors (Lipinski definition) is 3. The Bertz CT molecular complexity index is 731. The van der Waals surface area contributed by atoms with E-state index in [0.717, 1.165) is 30.1 Å². The van der Waals surface area contributed by atoms with E-state index in [0.29, 0.717) is 23.1 Å². The molecule has 0 aliphatic heterocycles. The van der Waals surface area contributed by atoms with Crippen molar-refractivity contribution >= 4 is 28.2 Å². The van der Waals surface area contributed by atoms with E-state index in [2.05, 4.69) is 34.8 Å². The molecule has 1 aromatic heterocycles. The number of nitrogens with zero attached hydrogens (tertiary/aromatic N) is 1. The van der Waals surface area contributed by atoms with Gasteiger partial charge in [-0.25, -0.2) is 9.78 Å². The van der Waals surface area contributed by atoms with E-state index in [1.54, 1.807) is 13.3 Å². The van der Waals surface area contributed by atoms with Gasteiger partial charge in [0.1, 0.15) is 5.75 Å². The zero-order valence-corrected chi connectivity index (χ0v) is 17.1. The summed E-state index contributed by atoms with van der Waals surface area (Å²) >= 11 is 1.44. The Kier molecular flexibility index (Phi) is 8.35. The molecule has 0 bridgehead atoms. The Morgan fingerprint density at radius 2 is 2.04 bits per heavy atom. The SMILES string of the molecule is CCNc1ncc(Oc2ccc(NC(=O)NC(CC)CC)cc2COC)s1. The molecule has 0 atom stereocenters. The average Bonchev–Trinajstić information content (AvgIpc) is 3.09. The molecule has 0 spiro atoms. The van der Waals surface area contributed by atoms with Gasteiger partial charge in [-0.2, -0.15) is 0 Å². The largest absolute Gasteiger partial charge is 0.445 e. The van der Waals surface area contributed by atoms with Gasteiger partial charge in [0.05, 0.1) is 12.8 Å².